The van der Waals surface area contributed by atoms with Gasteiger partial charge < -0.3 is 5.11 Å². The topological polar surface area (TPSA) is 26.7 Å². The van der Waals surface area contributed by atoms with Crippen LogP contribution in [0.4, 0.5) is 0 Å². The normalized spacial score (nSPS) is 30.4. The van der Waals surface area contributed by atoms with E-state index in [1.807, 2.05) is 12.1 Å². The van der Waals surface area contributed by atoms with Gasteiger partial charge in [-0.2, -0.15) is 0 Å². The molecule has 126 valence electrons. The number of piperazine rings is 1. The van der Waals surface area contributed by atoms with Gasteiger partial charge >= 0.3 is 0 Å². The van der Waals surface area contributed by atoms with E-state index in [1.165, 1.54) is 70.1 Å². The SMILES string of the molecule is Oc1ccc(CN2CCN3CCC[C@H]3[C@H]2C2CCCCC2)cc1. The molecular formula is C20H30N2O. The monoisotopic (exact) mass is 314 g/mol. The molecule has 1 N–H and O–H groups in total. The number of phenols is 1. The molecule has 1 aliphatic carbocycles. The molecule has 4 rings (SSSR count). The van der Waals surface area contributed by atoms with Gasteiger partial charge in [-0.05, 0) is 55.8 Å². The maximum absolute atomic E-state index is 9.52. The zero-order chi connectivity index (χ0) is 15.6. The van der Waals surface area contributed by atoms with Crippen LogP contribution in [0.25, 0.3) is 0 Å². The van der Waals surface area contributed by atoms with Crippen LogP contribution in [0, 0.1) is 5.92 Å². The fourth-order valence-electron chi connectivity index (χ4n) is 5.27. The van der Waals surface area contributed by atoms with Crippen molar-refractivity contribution in [1.82, 2.24) is 9.80 Å². The number of hydrogen-bond acceptors (Lipinski definition) is 3. The van der Waals surface area contributed by atoms with Crippen molar-refractivity contribution >= 4 is 0 Å². The van der Waals surface area contributed by atoms with E-state index in [4.69, 9.17) is 0 Å². The average Bonchev–Trinajstić information content (AvgIpc) is 3.06. The molecule has 2 heterocycles. The van der Waals surface area contributed by atoms with Crippen molar-refractivity contribution in [3.8, 4) is 5.75 Å². The highest BCUT2D eigenvalue weighted by atomic mass is 16.3. The number of hydrogen-bond donors (Lipinski definition) is 1. The van der Waals surface area contributed by atoms with E-state index in [1.54, 1.807) is 0 Å². The Labute approximate surface area is 140 Å². The van der Waals surface area contributed by atoms with Crippen LogP contribution in [-0.4, -0.2) is 46.6 Å². The first kappa shape index (κ1) is 15.5. The number of rotatable bonds is 3. The molecule has 2 saturated heterocycles. The Morgan fingerprint density at radius 2 is 1.65 bits per heavy atom. The fourth-order valence-corrected chi connectivity index (χ4v) is 5.27. The van der Waals surface area contributed by atoms with Crippen LogP contribution in [0.2, 0.25) is 0 Å². The summed E-state index contributed by atoms with van der Waals surface area (Å²) in [6.07, 6.45) is 9.95. The predicted molar refractivity (Wildman–Crippen MR) is 93.5 cm³/mol. The lowest BCUT2D eigenvalue weighted by Crippen LogP contribution is -2.59. The van der Waals surface area contributed by atoms with Crippen LogP contribution in [0.15, 0.2) is 24.3 Å². The Bertz CT molecular complexity index is 509. The third-order valence-electron chi connectivity index (χ3n) is 6.36. The molecule has 0 aromatic heterocycles. The average molecular weight is 314 g/mol. The van der Waals surface area contributed by atoms with Gasteiger partial charge in [-0.1, -0.05) is 31.4 Å². The van der Waals surface area contributed by atoms with Crippen molar-refractivity contribution in [2.45, 2.75) is 63.6 Å². The zero-order valence-electron chi connectivity index (χ0n) is 14.2. The minimum Gasteiger partial charge on any atom is -0.508 e. The Hall–Kier alpha value is -1.06. The highest BCUT2D eigenvalue weighted by Gasteiger charge is 2.42. The van der Waals surface area contributed by atoms with E-state index < -0.39 is 0 Å². The van der Waals surface area contributed by atoms with Crippen LogP contribution < -0.4 is 0 Å². The maximum Gasteiger partial charge on any atom is 0.115 e. The molecule has 1 aromatic carbocycles. The molecule has 0 spiro atoms. The molecule has 1 saturated carbocycles. The minimum absolute atomic E-state index is 0.373. The first-order valence-electron chi connectivity index (χ1n) is 9.57. The quantitative estimate of drug-likeness (QED) is 0.923. The van der Waals surface area contributed by atoms with E-state index in [-0.39, 0.29) is 0 Å². The van der Waals surface area contributed by atoms with Gasteiger partial charge in [-0.15, -0.1) is 0 Å². The summed E-state index contributed by atoms with van der Waals surface area (Å²) in [5, 5.41) is 9.52. The molecule has 0 amide bonds. The number of phenolic OH excluding ortho intramolecular Hbond substituents is 1. The molecule has 3 heteroatoms. The molecule has 1 aromatic rings. The predicted octanol–water partition coefficient (Wildman–Crippen LogP) is 3.62. The van der Waals surface area contributed by atoms with Crippen molar-refractivity contribution in [2.75, 3.05) is 19.6 Å². The molecule has 0 radical (unpaired) electrons. The lowest BCUT2D eigenvalue weighted by atomic mass is 9.78. The summed E-state index contributed by atoms with van der Waals surface area (Å²) in [6, 6.07) is 9.39. The van der Waals surface area contributed by atoms with Crippen molar-refractivity contribution in [3.05, 3.63) is 29.8 Å². The molecule has 2 aliphatic heterocycles. The molecular weight excluding hydrogens is 284 g/mol. The van der Waals surface area contributed by atoms with Gasteiger partial charge in [0.05, 0.1) is 0 Å². The minimum atomic E-state index is 0.373. The van der Waals surface area contributed by atoms with Crippen LogP contribution in [0.1, 0.15) is 50.5 Å². The smallest absolute Gasteiger partial charge is 0.115 e. The van der Waals surface area contributed by atoms with Gasteiger partial charge in [-0.25, -0.2) is 0 Å². The van der Waals surface area contributed by atoms with Crippen LogP contribution >= 0.6 is 0 Å². The highest BCUT2D eigenvalue weighted by molar-refractivity contribution is 5.26. The second-order valence-electron chi connectivity index (χ2n) is 7.77. The summed E-state index contributed by atoms with van der Waals surface area (Å²) in [7, 11) is 0. The van der Waals surface area contributed by atoms with Crippen LogP contribution in [0.3, 0.4) is 0 Å². The molecule has 3 nitrogen and oxygen atoms in total. The van der Waals surface area contributed by atoms with Gasteiger partial charge in [0.2, 0.25) is 0 Å². The number of benzene rings is 1. The summed E-state index contributed by atoms with van der Waals surface area (Å²) < 4.78 is 0. The molecule has 3 aliphatic rings. The van der Waals surface area contributed by atoms with Gasteiger partial charge in [0, 0.05) is 31.7 Å². The Morgan fingerprint density at radius 3 is 2.43 bits per heavy atom. The number of nitrogens with zero attached hydrogens (tertiary/aromatic N) is 2. The first-order chi connectivity index (χ1) is 11.3. The molecule has 2 atom stereocenters. The first-order valence-corrected chi connectivity index (χ1v) is 9.57. The summed E-state index contributed by atoms with van der Waals surface area (Å²) in [5.74, 6) is 1.27. The van der Waals surface area contributed by atoms with E-state index in [0.29, 0.717) is 5.75 Å². The third-order valence-corrected chi connectivity index (χ3v) is 6.36. The summed E-state index contributed by atoms with van der Waals surface area (Å²) >= 11 is 0. The number of aromatic hydroxyl groups is 1. The van der Waals surface area contributed by atoms with Gasteiger partial charge in [-0.3, -0.25) is 9.80 Å². The van der Waals surface area contributed by atoms with E-state index >= 15 is 0 Å². The standard InChI is InChI=1S/C20H30N2O/c23-18-10-8-16(9-11-18)15-22-14-13-21-12-4-7-19(21)20(22)17-5-2-1-3-6-17/h8-11,17,19-20,23H,1-7,12-15H2/t19-,20+/m0/s1. The Balaban J connectivity index is 1.53. The van der Waals surface area contributed by atoms with Crippen LogP contribution in [0.5, 0.6) is 5.75 Å². The maximum atomic E-state index is 9.52. The van der Waals surface area contributed by atoms with Crippen molar-refractivity contribution in [3.63, 3.8) is 0 Å². The molecule has 0 unspecified atom stereocenters. The van der Waals surface area contributed by atoms with E-state index in [9.17, 15) is 5.11 Å². The highest BCUT2D eigenvalue weighted by Crippen LogP contribution is 2.38. The second kappa shape index (κ2) is 6.82. The van der Waals surface area contributed by atoms with Crippen LogP contribution in [-0.2, 0) is 6.54 Å². The van der Waals surface area contributed by atoms with Crippen molar-refractivity contribution in [2.24, 2.45) is 5.92 Å². The Morgan fingerprint density at radius 1 is 0.870 bits per heavy atom. The molecule has 23 heavy (non-hydrogen) atoms. The largest absolute Gasteiger partial charge is 0.508 e. The van der Waals surface area contributed by atoms with E-state index in [0.717, 1.165) is 24.5 Å². The Kier molecular flexibility index (Phi) is 4.59. The van der Waals surface area contributed by atoms with E-state index in [2.05, 4.69) is 21.9 Å². The summed E-state index contributed by atoms with van der Waals surface area (Å²) in [6.45, 7) is 4.82. The summed E-state index contributed by atoms with van der Waals surface area (Å²) in [5.41, 5.74) is 1.34. The van der Waals surface area contributed by atoms with Gasteiger partial charge in [0.25, 0.3) is 0 Å². The molecule has 3 fully saturated rings. The second-order valence-corrected chi connectivity index (χ2v) is 7.77. The van der Waals surface area contributed by atoms with Crippen molar-refractivity contribution < 1.29 is 5.11 Å². The zero-order valence-corrected chi connectivity index (χ0v) is 14.2. The number of fused-ring (bicyclic) bond motifs is 1. The fraction of sp³-hybridized carbons (Fsp3) is 0.700. The van der Waals surface area contributed by atoms with Gasteiger partial charge in [0.1, 0.15) is 5.75 Å². The lowest BCUT2D eigenvalue weighted by Gasteiger charge is -2.49. The third kappa shape index (κ3) is 3.27. The van der Waals surface area contributed by atoms with Gasteiger partial charge in [0.15, 0.2) is 0 Å². The molecule has 0 bridgehead atoms. The van der Waals surface area contributed by atoms with Crippen molar-refractivity contribution in [1.29, 1.82) is 0 Å². The summed E-state index contributed by atoms with van der Waals surface area (Å²) in [4.78, 5) is 5.54. The lowest BCUT2D eigenvalue weighted by molar-refractivity contribution is -0.00380.